The molecule has 4 aromatic rings. The van der Waals surface area contributed by atoms with E-state index in [0.717, 1.165) is 0 Å². The number of fused-ring (bicyclic) bond motifs is 3. The Morgan fingerprint density at radius 1 is 0.880 bits per heavy atom. The van der Waals surface area contributed by atoms with E-state index in [0.29, 0.717) is 5.92 Å². The molecule has 1 nitrogen and oxygen atoms in total. The normalized spacial score (nSPS) is 12.6. The Kier molecular flexibility index (Phi) is 3.77. The van der Waals surface area contributed by atoms with Crippen molar-refractivity contribution in [1.29, 1.82) is 0 Å². The number of aromatic nitrogens is 1. The Bertz CT molecular complexity index is 1040. The van der Waals surface area contributed by atoms with Gasteiger partial charge in [-0.2, -0.15) is 0 Å². The molecule has 0 fully saturated rings. The van der Waals surface area contributed by atoms with Gasteiger partial charge in [-0.05, 0) is 64.2 Å². The van der Waals surface area contributed by atoms with Crippen LogP contribution in [0.2, 0.25) is 0 Å². The quantitative estimate of drug-likeness (QED) is 0.359. The molecule has 2 heteroatoms. The minimum absolute atomic E-state index is 0.154. The van der Waals surface area contributed by atoms with Gasteiger partial charge in [0, 0.05) is 10.8 Å². The summed E-state index contributed by atoms with van der Waals surface area (Å²) in [6.07, 6.45) is 0. The van der Waals surface area contributed by atoms with Crippen LogP contribution in [0.15, 0.2) is 53.9 Å². The molecule has 0 saturated heterocycles. The summed E-state index contributed by atoms with van der Waals surface area (Å²) in [6.45, 7) is 11.4. The molecule has 0 bridgehead atoms. The van der Waals surface area contributed by atoms with Gasteiger partial charge in [-0.1, -0.05) is 46.8 Å². The fraction of sp³-hybridized carbons (Fsp3) is 0.304. The number of rotatable bonds is 2. The van der Waals surface area contributed by atoms with E-state index in [4.69, 9.17) is 0 Å². The smallest absolute Gasteiger partial charge is 0.0999 e. The van der Waals surface area contributed by atoms with E-state index >= 15 is 0 Å². The number of hydrogen-bond donors (Lipinski definition) is 0. The first-order valence-electron chi connectivity index (χ1n) is 8.99. The first-order valence-corrected chi connectivity index (χ1v) is 9.87. The van der Waals surface area contributed by atoms with E-state index in [-0.39, 0.29) is 5.41 Å². The average Bonchev–Trinajstić information content (AvgIpc) is 3.18. The van der Waals surface area contributed by atoms with Gasteiger partial charge in [-0.3, -0.25) is 0 Å². The predicted molar refractivity (Wildman–Crippen MR) is 111 cm³/mol. The Labute approximate surface area is 153 Å². The van der Waals surface area contributed by atoms with Crippen LogP contribution in [-0.2, 0) is 5.41 Å². The summed E-state index contributed by atoms with van der Waals surface area (Å²) in [5, 5.41) is 6.15. The molecule has 4 rings (SSSR count). The Balaban J connectivity index is 2.13. The first-order chi connectivity index (χ1) is 11.9. The average molecular weight is 348 g/mol. The zero-order chi connectivity index (χ0) is 17.8. The van der Waals surface area contributed by atoms with E-state index < -0.39 is 0 Å². The molecule has 0 N–H and O–H groups in total. The zero-order valence-corrected chi connectivity index (χ0v) is 16.4. The Morgan fingerprint density at radius 2 is 1.56 bits per heavy atom. The van der Waals surface area contributed by atoms with Crippen molar-refractivity contribution in [2.45, 2.75) is 46.0 Å². The highest BCUT2D eigenvalue weighted by molar-refractivity contribution is 7.12. The molecule has 2 heterocycles. The maximum atomic E-state index is 2.41. The lowest BCUT2D eigenvalue weighted by molar-refractivity contribution is 0.591. The third kappa shape index (κ3) is 2.69. The molecule has 0 unspecified atom stereocenters. The van der Waals surface area contributed by atoms with E-state index in [1.807, 2.05) is 0 Å². The van der Waals surface area contributed by atoms with Crippen LogP contribution < -0.4 is 0 Å². The van der Waals surface area contributed by atoms with Gasteiger partial charge in [0.1, 0.15) is 0 Å². The molecular weight excluding hydrogens is 322 g/mol. The largest absolute Gasteiger partial charge is 0.301 e. The highest BCUT2D eigenvalue weighted by atomic mass is 32.1. The second-order valence-corrected chi connectivity index (χ2v) is 9.13. The van der Waals surface area contributed by atoms with Crippen LogP contribution in [0, 0.1) is 0 Å². The minimum Gasteiger partial charge on any atom is -0.301 e. The second kappa shape index (κ2) is 5.74. The fourth-order valence-corrected chi connectivity index (χ4v) is 4.26. The molecule has 0 radical (unpaired) electrons. The maximum Gasteiger partial charge on any atom is 0.0999 e. The van der Waals surface area contributed by atoms with E-state index in [1.165, 1.54) is 37.9 Å². The summed E-state index contributed by atoms with van der Waals surface area (Å²) in [6, 6.07) is 18.3. The molecular formula is C23H25NS. The van der Waals surface area contributed by atoms with Crippen molar-refractivity contribution in [3.63, 3.8) is 0 Å². The number of thiophene rings is 1. The summed E-state index contributed by atoms with van der Waals surface area (Å²) < 4.78 is 2.41. The highest BCUT2D eigenvalue weighted by Crippen LogP contribution is 2.37. The van der Waals surface area contributed by atoms with Crippen molar-refractivity contribution in [3.05, 3.63) is 65.0 Å². The highest BCUT2D eigenvalue weighted by Gasteiger charge is 2.18. The molecule has 0 aliphatic heterocycles. The van der Waals surface area contributed by atoms with Crippen LogP contribution in [-0.4, -0.2) is 4.57 Å². The van der Waals surface area contributed by atoms with Gasteiger partial charge in [-0.25, -0.2) is 0 Å². The zero-order valence-electron chi connectivity index (χ0n) is 15.6. The van der Waals surface area contributed by atoms with Crippen molar-refractivity contribution < 1.29 is 0 Å². The van der Waals surface area contributed by atoms with Gasteiger partial charge < -0.3 is 4.57 Å². The van der Waals surface area contributed by atoms with Crippen molar-refractivity contribution in [2.75, 3.05) is 0 Å². The number of benzene rings is 2. The molecule has 0 saturated carbocycles. The molecule has 0 atom stereocenters. The first kappa shape index (κ1) is 16.4. The topological polar surface area (TPSA) is 4.93 Å². The summed E-state index contributed by atoms with van der Waals surface area (Å²) in [4.78, 5) is 0. The molecule has 2 aromatic carbocycles. The Hall–Kier alpha value is -2.06. The van der Waals surface area contributed by atoms with Crippen LogP contribution in [0.25, 0.3) is 26.8 Å². The van der Waals surface area contributed by atoms with E-state index in [9.17, 15) is 0 Å². The van der Waals surface area contributed by atoms with Crippen LogP contribution in [0.3, 0.4) is 0 Å². The maximum absolute atomic E-state index is 2.41. The molecule has 128 valence electrons. The van der Waals surface area contributed by atoms with Crippen LogP contribution in [0.4, 0.5) is 0 Å². The van der Waals surface area contributed by atoms with Crippen molar-refractivity contribution in [1.82, 2.24) is 4.57 Å². The van der Waals surface area contributed by atoms with Gasteiger partial charge in [0.25, 0.3) is 0 Å². The monoisotopic (exact) mass is 347 g/mol. The van der Waals surface area contributed by atoms with Gasteiger partial charge in [0.05, 0.1) is 16.0 Å². The summed E-state index contributed by atoms with van der Waals surface area (Å²) in [7, 11) is 0. The molecule has 2 aromatic heterocycles. The third-order valence-electron chi connectivity index (χ3n) is 5.05. The van der Waals surface area contributed by atoms with E-state index in [2.05, 4.69) is 93.1 Å². The molecule has 25 heavy (non-hydrogen) atoms. The molecule has 0 amide bonds. The van der Waals surface area contributed by atoms with E-state index in [1.54, 1.807) is 11.3 Å². The lowest BCUT2D eigenvalue weighted by atomic mass is 9.86. The van der Waals surface area contributed by atoms with Gasteiger partial charge in [0.15, 0.2) is 0 Å². The fourth-order valence-electron chi connectivity index (χ4n) is 3.50. The summed E-state index contributed by atoms with van der Waals surface area (Å²) in [5.41, 5.74) is 5.54. The van der Waals surface area contributed by atoms with Crippen molar-refractivity contribution in [3.8, 4) is 5.00 Å². The number of nitrogens with zero attached hydrogens (tertiary/aromatic N) is 1. The summed E-state index contributed by atoms with van der Waals surface area (Å²) >= 11 is 1.79. The number of hydrogen-bond acceptors (Lipinski definition) is 1. The lowest BCUT2D eigenvalue weighted by Gasteiger charge is -2.19. The summed E-state index contributed by atoms with van der Waals surface area (Å²) in [5.74, 6) is 0.537. The van der Waals surface area contributed by atoms with Crippen molar-refractivity contribution >= 4 is 33.1 Å². The SMILES string of the molecule is CC(C)c1ccc2c(c1)c1cc(C(C)(C)C)ccc1n2-c1cccs1. The third-order valence-corrected chi connectivity index (χ3v) is 5.90. The van der Waals surface area contributed by atoms with Crippen molar-refractivity contribution in [2.24, 2.45) is 0 Å². The molecule has 0 aliphatic carbocycles. The van der Waals surface area contributed by atoms with Crippen LogP contribution in [0.5, 0.6) is 0 Å². The molecule has 0 aliphatic rings. The Morgan fingerprint density at radius 3 is 2.16 bits per heavy atom. The second-order valence-electron chi connectivity index (χ2n) is 8.20. The molecule has 0 spiro atoms. The predicted octanol–water partition coefficient (Wildman–Crippen LogP) is 7.27. The minimum atomic E-state index is 0.154. The van der Waals surface area contributed by atoms with Crippen LogP contribution in [0.1, 0.15) is 51.7 Å². The standard InChI is InChI=1S/C23H25NS/c1-15(2)16-8-10-20-18(13-16)19-14-17(23(3,4)5)9-11-21(19)24(20)22-7-6-12-25-22/h6-15H,1-5H3. The lowest BCUT2D eigenvalue weighted by Crippen LogP contribution is -2.10. The van der Waals surface area contributed by atoms with Gasteiger partial charge in [-0.15, -0.1) is 11.3 Å². The van der Waals surface area contributed by atoms with Gasteiger partial charge in [0.2, 0.25) is 0 Å². The van der Waals surface area contributed by atoms with Crippen LogP contribution >= 0.6 is 11.3 Å². The van der Waals surface area contributed by atoms with Gasteiger partial charge >= 0.3 is 0 Å².